The second-order valence-corrected chi connectivity index (χ2v) is 8.97. The van der Waals surface area contributed by atoms with E-state index in [1.807, 2.05) is 35.2 Å². The Balaban J connectivity index is 1.37. The van der Waals surface area contributed by atoms with Crippen LogP contribution < -0.4 is 0 Å². The van der Waals surface area contributed by atoms with Crippen LogP contribution in [0.2, 0.25) is 0 Å². The second kappa shape index (κ2) is 7.08. The summed E-state index contributed by atoms with van der Waals surface area (Å²) < 4.78 is 0. The lowest BCUT2D eigenvalue weighted by atomic mass is 9.85. The van der Waals surface area contributed by atoms with Gasteiger partial charge in [0.1, 0.15) is 5.60 Å². The number of rotatable bonds is 2. The van der Waals surface area contributed by atoms with Crippen molar-refractivity contribution in [2.45, 2.75) is 51.0 Å². The van der Waals surface area contributed by atoms with Crippen LogP contribution >= 0.6 is 0 Å². The topological polar surface area (TPSA) is 41.9 Å². The van der Waals surface area contributed by atoms with Crippen molar-refractivity contribution in [2.75, 3.05) is 13.1 Å². The highest BCUT2D eigenvalue weighted by Crippen LogP contribution is 2.36. The molecule has 0 bridgehead atoms. The number of likely N-dealkylation sites (tertiary alicyclic amines) is 1. The molecule has 0 saturated carbocycles. The smallest absolute Gasteiger partial charge is 0.253 e. The standard InChI is InChI=1S/C24H28N2O2/c1-23(2,3)20-11-9-19(10-12-20)22(27)26-15-13-24(14-16-26)17-21(25-28-24)18-7-5-4-6-8-18/h4-12H,13-17H2,1-3H3. The summed E-state index contributed by atoms with van der Waals surface area (Å²) in [5, 5.41) is 4.36. The first-order chi connectivity index (χ1) is 13.4. The molecule has 1 spiro atoms. The number of hydrogen-bond acceptors (Lipinski definition) is 3. The van der Waals surface area contributed by atoms with Gasteiger partial charge in [-0.2, -0.15) is 0 Å². The van der Waals surface area contributed by atoms with Crippen molar-refractivity contribution in [3.63, 3.8) is 0 Å². The molecular formula is C24H28N2O2. The van der Waals surface area contributed by atoms with Crippen LogP contribution in [0, 0.1) is 0 Å². The van der Waals surface area contributed by atoms with Crippen molar-refractivity contribution in [2.24, 2.45) is 5.16 Å². The van der Waals surface area contributed by atoms with Crippen LogP contribution in [-0.4, -0.2) is 35.2 Å². The summed E-state index contributed by atoms with van der Waals surface area (Å²) in [5.74, 6) is 0.109. The molecule has 0 aliphatic carbocycles. The maximum atomic E-state index is 12.9. The summed E-state index contributed by atoms with van der Waals surface area (Å²) in [5.41, 5.74) is 3.98. The number of piperidine rings is 1. The summed E-state index contributed by atoms with van der Waals surface area (Å²) in [6, 6.07) is 18.2. The zero-order valence-corrected chi connectivity index (χ0v) is 16.9. The molecule has 1 fully saturated rings. The molecule has 2 aromatic carbocycles. The Hall–Kier alpha value is -2.62. The quantitative estimate of drug-likeness (QED) is 0.757. The second-order valence-electron chi connectivity index (χ2n) is 8.97. The monoisotopic (exact) mass is 376 g/mol. The maximum Gasteiger partial charge on any atom is 0.253 e. The Morgan fingerprint density at radius 2 is 1.64 bits per heavy atom. The summed E-state index contributed by atoms with van der Waals surface area (Å²) in [6.45, 7) is 7.96. The molecule has 146 valence electrons. The molecule has 1 saturated heterocycles. The van der Waals surface area contributed by atoms with E-state index in [4.69, 9.17) is 4.84 Å². The van der Waals surface area contributed by atoms with Crippen molar-refractivity contribution >= 4 is 11.6 Å². The van der Waals surface area contributed by atoms with Crippen LogP contribution in [0.3, 0.4) is 0 Å². The summed E-state index contributed by atoms with van der Waals surface area (Å²) >= 11 is 0. The number of nitrogens with zero attached hydrogens (tertiary/aromatic N) is 2. The minimum atomic E-state index is -0.252. The minimum Gasteiger partial charge on any atom is -0.388 e. The van der Waals surface area contributed by atoms with E-state index in [0.29, 0.717) is 13.1 Å². The Bertz CT molecular complexity index is 871. The maximum absolute atomic E-state index is 12.9. The fourth-order valence-corrected chi connectivity index (χ4v) is 3.99. The van der Waals surface area contributed by atoms with Crippen molar-refractivity contribution in [1.29, 1.82) is 0 Å². The summed E-state index contributed by atoms with van der Waals surface area (Å²) in [7, 11) is 0. The largest absolute Gasteiger partial charge is 0.388 e. The third-order valence-corrected chi connectivity index (χ3v) is 5.91. The SMILES string of the molecule is CC(C)(C)c1ccc(C(=O)N2CCC3(CC2)CC(c2ccccc2)=NO3)cc1. The van der Waals surface area contributed by atoms with E-state index in [1.165, 1.54) is 5.56 Å². The third kappa shape index (κ3) is 3.68. The Morgan fingerprint density at radius 3 is 2.25 bits per heavy atom. The highest BCUT2D eigenvalue weighted by molar-refractivity contribution is 6.01. The number of benzene rings is 2. The molecule has 0 N–H and O–H groups in total. The van der Waals surface area contributed by atoms with E-state index < -0.39 is 0 Å². The molecule has 1 amide bonds. The Morgan fingerprint density at radius 1 is 1.00 bits per heavy atom. The van der Waals surface area contributed by atoms with Gasteiger partial charge in [-0.3, -0.25) is 4.79 Å². The first-order valence-corrected chi connectivity index (χ1v) is 10.1. The molecule has 0 radical (unpaired) electrons. The lowest BCUT2D eigenvalue weighted by molar-refractivity contribution is -0.0568. The highest BCUT2D eigenvalue weighted by Gasteiger charge is 2.43. The zero-order valence-electron chi connectivity index (χ0n) is 16.9. The zero-order chi connectivity index (χ0) is 19.8. The lowest BCUT2D eigenvalue weighted by Gasteiger charge is -2.37. The van der Waals surface area contributed by atoms with Gasteiger partial charge in [0.25, 0.3) is 5.91 Å². The van der Waals surface area contributed by atoms with E-state index in [9.17, 15) is 4.79 Å². The van der Waals surface area contributed by atoms with E-state index in [2.05, 4.69) is 50.2 Å². The van der Waals surface area contributed by atoms with Gasteiger partial charge in [-0.25, -0.2) is 0 Å². The van der Waals surface area contributed by atoms with Gasteiger partial charge in [0.15, 0.2) is 0 Å². The van der Waals surface area contributed by atoms with Crippen molar-refractivity contribution in [3.05, 3.63) is 71.3 Å². The molecule has 4 rings (SSSR count). The molecule has 0 unspecified atom stereocenters. The molecule has 28 heavy (non-hydrogen) atoms. The van der Waals surface area contributed by atoms with E-state index in [0.717, 1.165) is 36.1 Å². The molecule has 4 heteroatoms. The van der Waals surface area contributed by atoms with Crippen LogP contribution in [0.1, 0.15) is 61.5 Å². The number of oxime groups is 1. The number of amides is 1. The number of carbonyl (C=O) groups excluding carboxylic acids is 1. The molecule has 2 heterocycles. The summed E-state index contributed by atoms with van der Waals surface area (Å²) in [4.78, 5) is 20.7. The van der Waals surface area contributed by atoms with Crippen LogP contribution in [0.25, 0.3) is 0 Å². The minimum absolute atomic E-state index is 0.0926. The fourth-order valence-electron chi connectivity index (χ4n) is 3.99. The van der Waals surface area contributed by atoms with Crippen LogP contribution in [0.15, 0.2) is 59.8 Å². The number of carbonyl (C=O) groups is 1. The van der Waals surface area contributed by atoms with Crippen LogP contribution in [0.5, 0.6) is 0 Å². The number of hydrogen-bond donors (Lipinski definition) is 0. The van der Waals surface area contributed by atoms with Gasteiger partial charge in [0, 0.05) is 37.9 Å². The molecule has 2 aliphatic heterocycles. The summed E-state index contributed by atoms with van der Waals surface area (Å²) in [6.07, 6.45) is 2.45. The Kier molecular flexibility index (Phi) is 4.74. The molecular weight excluding hydrogens is 348 g/mol. The predicted molar refractivity (Wildman–Crippen MR) is 112 cm³/mol. The average molecular weight is 376 g/mol. The van der Waals surface area contributed by atoms with E-state index in [1.54, 1.807) is 0 Å². The van der Waals surface area contributed by atoms with Gasteiger partial charge < -0.3 is 9.74 Å². The van der Waals surface area contributed by atoms with Gasteiger partial charge in [-0.05, 0) is 28.7 Å². The highest BCUT2D eigenvalue weighted by atomic mass is 16.7. The normalized spacial score (nSPS) is 18.7. The molecule has 2 aromatic rings. The average Bonchev–Trinajstić information content (AvgIpc) is 3.12. The van der Waals surface area contributed by atoms with Crippen LogP contribution in [-0.2, 0) is 10.3 Å². The third-order valence-electron chi connectivity index (χ3n) is 5.91. The van der Waals surface area contributed by atoms with Gasteiger partial charge in [-0.15, -0.1) is 0 Å². The molecule has 2 aliphatic rings. The lowest BCUT2D eigenvalue weighted by Crippen LogP contribution is -2.46. The first kappa shape index (κ1) is 18.7. The van der Waals surface area contributed by atoms with Crippen molar-refractivity contribution in [3.8, 4) is 0 Å². The van der Waals surface area contributed by atoms with Gasteiger partial charge in [-0.1, -0.05) is 68.4 Å². The van der Waals surface area contributed by atoms with Gasteiger partial charge >= 0.3 is 0 Å². The molecule has 0 aromatic heterocycles. The van der Waals surface area contributed by atoms with Gasteiger partial charge in [0.2, 0.25) is 0 Å². The fraction of sp³-hybridized carbons (Fsp3) is 0.417. The Labute approximate surface area is 167 Å². The molecule has 0 atom stereocenters. The van der Waals surface area contributed by atoms with Crippen molar-refractivity contribution in [1.82, 2.24) is 4.90 Å². The molecule has 4 nitrogen and oxygen atoms in total. The van der Waals surface area contributed by atoms with E-state index >= 15 is 0 Å². The van der Waals surface area contributed by atoms with E-state index in [-0.39, 0.29) is 16.9 Å². The van der Waals surface area contributed by atoms with Crippen LogP contribution in [0.4, 0.5) is 0 Å². The van der Waals surface area contributed by atoms with Gasteiger partial charge in [0.05, 0.1) is 5.71 Å². The van der Waals surface area contributed by atoms with Crippen molar-refractivity contribution < 1.29 is 9.63 Å². The predicted octanol–water partition coefficient (Wildman–Crippen LogP) is 4.78. The first-order valence-electron chi connectivity index (χ1n) is 10.1.